The van der Waals surface area contributed by atoms with Crippen LogP contribution in [0.3, 0.4) is 0 Å². The molecular weight excluding hydrogens is 374 g/mol. The molecular formula is C20H19N5O2S. The zero-order valence-corrected chi connectivity index (χ0v) is 16.5. The molecule has 1 aromatic carbocycles. The number of methoxy groups -OCH3 is 1. The lowest BCUT2D eigenvalue weighted by atomic mass is 10.1. The minimum Gasteiger partial charge on any atom is -0.497 e. The van der Waals surface area contributed by atoms with E-state index in [1.165, 1.54) is 16.8 Å². The van der Waals surface area contributed by atoms with Crippen molar-refractivity contribution in [2.45, 2.75) is 13.8 Å². The number of aromatic nitrogens is 1. The average molecular weight is 393 g/mol. The van der Waals surface area contributed by atoms with Gasteiger partial charge in [-0.25, -0.2) is 0 Å². The zero-order valence-electron chi connectivity index (χ0n) is 15.7. The molecule has 0 bridgehead atoms. The van der Waals surface area contributed by atoms with E-state index in [1.54, 1.807) is 13.2 Å². The molecule has 0 atom stereocenters. The van der Waals surface area contributed by atoms with Crippen LogP contribution in [0.15, 0.2) is 58.3 Å². The van der Waals surface area contributed by atoms with Crippen LogP contribution in [0.4, 0.5) is 0 Å². The van der Waals surface area contributed by atoms with Gasteiger partial charge in [0.15, 0.2) is 5.84 Å². The number of nitrogens with zero attached hydrogens (tertiary/aromatic N) is 4. The number of benzene rings is 1. The number of nitrogens with one attached hydrogen (secondary N) is 1. The van der Waals surface area contributed by atoms with Gasteiger partial charge in [-0.15, -0.1) is 0 Å². The largest absolute Gasteiger partial charge is 0.497 e. The van der Waals surface area contributed by atoms with Gasteiger partial charge in [0.25, 0.3) is 5.91 Å². The Bertz CT molecular complexity index is 1050. The Morgan fingerprint density at radius 2 is 1.96 bits per heavy atom. The second kappa shape index (κ2) is 7.12. The van der Waals surface area contributed by atoms with Crippen LogP contribution in [0.1, 0.15) is 19.5 Å². The molecule has 28 heavy (non-hydrogen) atoms. The summed E-state index contributed by atoms with van der Waals surface area (Å²) < 4.78 is 7.14. The van der Waals surface area contributed by atoms with Crippen molar-refractivity contribution in [1.29, 1.82) is 5.41 Å². The van der Waals surface area contributed by atoms with Crippen LogP contribution < -0.4 is 4.74 Å². The molecule has 0 aliphatic carbocycles. The number of hydrogen-bond donors (Lipinski definition) is 1. The Hall–Kier alpha value is -3.13. The second-order valence-corrected chi connectivity index (χ2v) is 7.60. The molecule has 8 heteroatoms. The number of carbonyl (C=O) groups is 1. The van der Waals surface area contributed by atoms with Gasteiger partial charge in [-0.3, -0.25) is 10.2 Å². The molecule has 0 saturated heterocycles. The maximum atomic E-state index is 12.6. The summed E-state index contributed by atoms with van der Waals surface area (Å²) in [5.41, 5.74) is 1.91. The number of aliphatic imine (C=N–C) groups is 1. The molecule has 0 unspecified atom stereocenters. The topological polar surface area (TPSA) is 83.0 Å². The summed E-state index contributed by atoms with van der Waals surface area (Å²) in [6, 6.07) is 11.4. The summed E-state index contributed by atoms with van der Waals surface area (Å²) in [6.07, 6.45) is 3.59. The van der Waals surface area contributed by atoms with Crippen molar-refractivity contribution in [2.24, 2.45) is 16.0 Å². The Balaban J connectivity index is 1.70. The molecule has 2 aliphatic rings. The lowest BCUT2D eigenvalue weighted by Crippen LogP contribution is -2.35. The summed E-state index contributed by atoms with van der Waals surface area (Å²) in [5.74, 6) is 0.597. The molecule has 0 fully saturated rings. The van der Waals surface area contributed by atoms with Gasteiger partial charge in [-0.05, 0) is 54.2 Å². The number of amides is 1. The molecule has 4 rings (SSSR count). The minimum absolute atomic E-state index is 0.0423. The van der Waals surface area contributed by atoms with Gasteiger partial charge in [0.1, 0.15) is 10.8 Å². The lowest BCUT2D eigenvalue weighted by Gasteiger charge is -2.20. The first kappa shape index (κ1) is 18.2. The fourth-order valence-corrected chi connectivity index (χ4v) is 3.77. The maximum Gasteiger partial charge on any atom is 0.283 e. The van der Waals surface area contributed by atoms with Gasteiger partial charge in [0, 0.05) is 23.5 Å². The minimum atomic E-state index is -0.425. The van der Waals surface area contributed by atoms with Crippen LogP contribution in [-0.2, 0) is 4.79 Å². The number of rotatable bonds is 4. The monoisotopic (exact) mass is 393 g/mol. The van der Waals surface area contributed by atoms with Crippen LogP contribution in [0.5, 0.6) is 5.75 Å². The fraction of sp³-hybridized carbons (Fsp3) is 0.200. The molecule has 1 amide bonds. The summed E-state index contributed by atoms with van der Waals surface area (Å²) in [6.45, 7) is 4.05. The van der Waals surface area contributed by atoms with Crippen molar-refractivity contribution in [3.8, 4) is 11.4 Å². The highest BCUT2D eigenvalue weighted by molar-refractivity contribution is 8.27. The Labute approximate surface area is 166 Å². The van der Waals surface area contributed by atoms with E-state index < -0.39 is 5.91 Å². The third-order valence-corrected chi connectivity index (χ3v) is 5.60. The maximum absolute atomic E-state index is 12.6. The highest BCUT2D eigenvalue weighted by Crippen LogP contribution is 2.31. The van der Waals surface area contributed by atoms with E-state index in [9.17, 15) is 4.79 Å². The van der Waals surface area contributed by atoms with Crippen molar-refractivity contribution < 1.29 is 9.53 Å². The van der Waals surface area contributed by atoms with Crippen molar-refractivity contribution in [2.75, 3.05) is 7.11 Å². The molecule has 142 valence electrons. The SMILES string of the molecule is COc1ccc(-n2cccc2/C=C2\C(=N)N3N=C(C(C)C)SC3=NC2=O)cc1. The average Bonchev–Trinajstić information content (AvgIpc) is 3.32. The smallest absolute Gasteiger partial charge is 0.283 e. The zero-order chi connectivity index (χ0) is 19.8. The number of thioether (sulfide) groups is 1. The summed E-state index contributed by atoms with van der Waals surface area (Å²) in [5, 5.41) is 15.7. The molecule has 0 spiro atoms. The predicted octanol–water partition coefficient (Wildman–Crippen LogP) is 3.76. The third-order valence-electron chi connectivity index (χ3n) is 4.39. The number of ether oxygens (including phenoxy) is 1. The Kier molecular flexibility index (Phi) is 4.64. The Morgan fingerprint density at radius 3 is 2.64 bits per heavy atom. The molecule has 3 heterocycles. The first-order chi connectivity index (χ1) is 13.5. The quantitative estimate of drug-likeness (QED) is 0.802. The van der Waals surface area contributed by atoms with Gasteiger partial charge in [0.2, 0.25) is 5.17 Å². The summed E-state index contributed by atoms with van der Waals surface area (Å²) in [7, 11) is 1.62. The van der Waals surface area contributed by atoms with E-state index in [0.29, 0.717) is 5.17 Å². The van der Waals surface area contributed by atoms with Crippen LogP contribution in [0.2, 0.25) is 0 Å². The van der Waals surface area contributed by atoms with Crippen molar-refractivity contribution in [3.05, 3.63) is 53.9 Å². The standard InChI is InChI=1S/C20H19N5O2S/c1-12(2)19-23-25-17(21)16(18(26)22-20(25)28-19)11-14-5-4-10-24(14)13-6-8-15(27-3)9-7-13/h4-12,21H,1-3H3/b16-11+,21-17?. The van der Waals surface area contributed by atoms with E-state index in [-0.39, 0.29) is 17.3 Å². The van der Waals surface area contributed by atoms with Crippen LogP contribution >= 0.6 is 11.8 Å². The molecule has 1 aromatic heterocycles. The van der Waals surface area contributed by atoms with Crippen LogP contribution in [-0.4, -0.2) is 38.6 Å². The van der Waals surface area contributed by atoms with Crippen molar-refractivity contribution in [1.82, 2.24) is 9.58 Å². The number of carbonyl (C=O) groups excluding carboxylic acids is 1. The van der Waals surface area contributed by atoms with E-state index >= 15 is 0 Å². The second-order valence-electron chi connectivity index (χ2n) is 6.61. The number of amidine groups is 2. The van der Waals surface area contributed by atoms with Gasteiger partial charge in [-0.1, -0.05) is 13.8 Å². The highest BCUT2D eigenvalue weighted by Gasteiger charge is 2.36. The van der Waals surface area contributed by atoms with Gasteiger partial charge in [0.05, 0.1) is 12.7 Å². The number of fused-ring (bicyclic) bond motifs is 1. The number of hydrogen-bond acceptors (Lipinski definition) is 5. The van der Waals surface area contributed by atoms with Gasteiger partial charge < -0.3 is 9.30 Å². The first-order valence-corrected chi connectivity index (χ1v) is 9.61. The first-order valence-electron chi connectivity index (χ1n) is 8.80. The molecule has 2 aromatic rings. The van der Waals surface area contributed by atoms with E-state index in [2.05, 4.69) is 10.1 Å². The Morgan fingerprint density at radius 1 is 1.21 bits per heavy atom. The van der Waals surface area contributed by atoms with E-state index in [4.69, 9.17) is 10.1 Å². The van der Waals surface area contributed by atoms with Gasteiger partial charge in [-0.2, -0.15) is 15.1 Å². The number of hydrazone groups is 1. The molecule has 0 radical (unpaired) electrons. The lowest BCUT2D eigenvalue weighted by molar-refractivity contribution is -0.114. The summed E-state index contributed by atoms with van der Waals surface area (Å²) in [4.78, 5) is 16.7. The van der Waals surface area contributed by atoms with E-state index in [1.807, 2.05) is 61.0 Å². The van der Waals surface area contributed by atoms with Crippen LogP contribution in [0.25, 0.3) is 11.8 Å². The van der Waals surface area contributed by atoms with Crippen LogP contribution in [0, 0.1) is 11.3 Å². The molecule has 2 aliphatic heterocycles. The summed E-state index contributed by atoms with van der Waals surface area (Å²) >= 11 is 1.34. The predicted molar refractivity (Wildman–Crippen MR) is 112 cm³/mol. The fourth-order valence-electron chi connectivity index (χ4n) is 2.88. The molecule has 7 nitrogen and oxygen atoms in total. The van der Waals surface area contributed by atoms with Crippen molar-refractivity contribution in [3.63, 3.8) is 0 Å². The van der Waals surface area contributed by atoms with E-state index in [0.717, 1.165) is 22.2 Å². The molecule has 1 N–H and O–H groups in total. The van der Waals surface area contributed by atoms with Gasteiger partial charge >= 0.3 is 0 Å². The normalized spacial score (nSPS) is 17.9. The molecule has 0 saturated carbocycles. The third kappa shape index (κ3) is 3.16. The highest BCUT2D eigenvalue weighted by atomic mass is 32.2. The van der Waals surface area contributed by atoms with Crippen molar-refractivity contribution >= 4 is 39.8 Å².